The van der Waals surface area contributed by atoms with Gasteiger partial charge in [-0.25, -0.2) is 12.8 Å². The molecule has 0 atom stereocenters. The molecule has 0 saturated heterocycles. The van der Waals surface area contributed by atoms with Crippen molar-refractivity contribution >= 4 is 38.6 Å². The summed E-state index contributed by atoms with van der Waals surface area (Å²) < 4.78 is 41.7. The molecule has 25 heavy (non-hydrogen) atoms. The highest BCUT2D eigenvalue weighted by Gasteiger charge is 2.27. The van der Waals surface area contributed by atoms with E-state index in [0.717, 1.165) is 16.6 Å². The number of hydrogen-bond acceptors (Lipinski definition) is 4. The van der Waals surface area contributed by atoms with Gasteiger partial charge in [0.25, 0.3) is 10.0 Å². The molecule has 0 aliphatic heterocycles. The van der Waals surface area contributed by atoms with E-state index in [4.69, 9.17) is 11.6 Å². The fraction of sp³-hybridized carbons (Fsp3) is 0.188. The van der Waals surface area contributed by atoms with Crippen molar-refractivity contribution in [2.24, 2.45) is 0 Å². The first-order valence-electron chi connectivity index (χ1n) is 7.29. The molecule has 2 aromatic heterocycles. The minimum absolute atomic E-state index is 0.151. The molecule has 0 aliphatic rings. The van der Waals surface area contributed by atoms with Gasteiger partial charge < -0.3 is 0 Å². The number of thiophene rings is 1. The molecule has 9 heteroatoms. The summed E-state index contributed by atoms with van der Waals surface area (Å²) in [5.41, 5.74) is 2.16. The van der Waals surface area contributed by atoms with Gasteiger partial charge in [0, 0.05) is 21.0 Å². The largest absolute Gasteiger partial charge is 0.282 e. The van der Waals surface area contributed by atoms with Crippen molar-refractivity contribution in [1.29, 1.82) is 0 Å². The molecular weight excluding hydrogens is 385 g/mol. The van der Waals surface area contributed by atoms with Crippen LogP contribution in [0.2, 0.25) is 5.02 Å². The van der Waals surface area contributed by atoms with Crippen molar-refractivity contribution in [1.82, 2.24) is 10.2 Å². The van der Waals surface area contributed by atoms with Crippen LogP contribution in [-0.4, -0.2) is 18.6 Å². The number of benzene rings is 1. The van der Waals surface area contributed by atoms with E-state index < -0.39 is 15.8 Å². The van der Waals surface area contributed by atoms with Crippen molar-refractivity contribution in [2.45, 2.75) is 25.7 Å². The Morgan fingerprint density at radius 1 is 1.20 bits per heavy atom. The second kappa shape index (κ2) is 6.44. The molecule has 2 heterocycles. The second-order valence-corrected chi connectivity index (χ2v) is 9.04. The van der Waals surface area contributed by atoms with E-state index in [2.05, 4.69) is 14.9 Å². The molecule has 132 valence electrons. The highest BCUT2D eigenvalue weighted by atomic mass is 35.5. The Morgan fingerprint density at radius 2 is 1.92 bits per heavy atom. The third-order valence-corrected chi connectivity index (χ3v) is 6.60. The Bertz CT molecular complexity index is 1060. The maximum atomic E-state index is 13.3. The number of hydrogen-bond donors (Lipinski definition) is 2. The zero-order valence-electron chi connectivity index (χ0n) is 13.6. The summed E-state index contributed by atoms with van der Waals surface area (Å²) in [4.78, 5) is 1.66. The predicted molar refractivity (Wildman–Crippen MR) is 98.3 cm³/mol. The number of nitrogens with one attached hydrogen (secondary N) is 2. The Morgan fingerprint density at radius 3 is 2.52 bits per heavy atom. The van der Waals surface area contributed by atoms with Gasteiger partial charge in [-0.15, -0.1) is 11.3 Å². The predicted octanol–water partition coefficient (Wildman–Crippen LogP) is 4.66. The third-order valence-electron chi connectivity index (χ3n) is 3.61. The number of halogens is 2. The normalized spacial score (nSPS) is 11.7. The molecule has 2 N–H and O–H groups in total. The van der Waals surface area contributed by atoms with Crippen LogP contribution in [0.3, 0.4) is 0 Å². The summed E-state index contributed by atoms with van der Waals surface area (Å²) in [5.74, 6) is -0.611. The number of H-pyrrole nitrogens is 1. The number of aryl methyl sites for hydroxylation is 3. The molecule has 3 aromatic rings. The molecule has 0 radical (unpaired) electrons. The molecule has 5 nitrogen and oxygen atoms in total. The lowest BCUT2D eigenvalue weighted by molar-refractivity contribution is 0.601. The minimum atomic E-state index is -3.90. The third kappa shape index (κ3) is 3.42. The maximum Gasteiger partial charge on any atom is 0.263 e. The van der Waals surface area contributed by atoms with Gasteiger partial charge in [0.1, 0.15) is 10.7 Å². The zero-order valence-corrected chi connectivity index (χ0v) is 16.0. The average molecular weight is 400 g/mol. The number of aromatic amines is 1. The molecule has 0 spiro atoms. The molecule has 0 bridgehead atoms. The number of aromatic nitrogens is 2. The van der Waals surface area contributed by atoms with Crippen molar-refractivity contribution in [3.63, 3.8) is 0 Å². The Hall–Kier alpha value is -1.90. The van der Waals surface area contributed by atoms with Crippen LogP contribution in [0.5, 0.6) is 0 Å². The second-order valence-electron chi connectivity index (χ2n) is 5.59. The van der Waals surface area contributed by atoms with Crippen molar-refractivity contribution in [3.05, 3.63) is 50.6 Å². The number of rotatable bonds is 4. The summed E-state index contributed by atoms with van der Waals surface area (Å²) in [7, 11) is -3.90. The van der Waals surface area contributed by atoms with Gasteiger partial charge in [-0.3, -0.25) is 9.82 Å². The van der Waals surface area contributed by atoms with Crippen LogP contribution in [0.4, 0.5) is 10.1 Å². The SMILES string of the molecule is Cc1cc(-c2c(C)sc(C)c2S(=O)(=O)Nc2ccc(F)c(Cl)c2)n[nH]1. The summed E-state index contributed by atoms with van der Waals surface area (Å²) in [6.45, 7) is 5.44. The summed E-state index contributed by atoms with van der Waals surface area (Å²) >= 11 is 7.12. The molecule has 0 fully saturated rings. The highest BCUT2D eigenvalue weighted by molar-refractivity contribution is 7.93. The van der Waals surface area contributed by atoms with Crippen molar-refractivity contribution in [2.75, 3.05) is 4.72 Å². The molecular formula is C16H15ClFN3O2S2. The Labute approximate surface area is 153 Å². The summed E-state index contributed by atoms with van der Waals surface area (Å²) in [6.07, 6.45) is 0. The topological polar surface area (TPSA) is 74.8 Å². The van der Waals surface area contributed by atoms with Gasteiger partial charge >= 0.3 is 0 Å². The Balaban J connectivity index is 2.10. The molecule has 1 aromatic carbocycles. The van der Waals surface area contributed by atoms with Crippen LogP contribution in [0.25, 0.3) is 11.3 Å². The van der Waals surface area contributed by atoms with Crippen molar-refractivity contribution < 1.29 is 12.8 Å². The van der Waals surface area contributed by atoms with Crippen LogP contribution in [0.15, 0.2) is 29.2 Å². The van der Waals surface area contributed by atoms with E-state index in [0.29, 0.717) is 16.1 Å². The summed E-state index contributed by atoms with van der Waals surface area (Å²) in [6, 6.07) is 5.47. The van der Waals surface area contributed by atoms with Gasteiger partial charge in [-0.1, -0.05) is 11.6 Å². The fourth-order valence-corrected chi connectivity index (χ4v) is 5.70. The monoisotopic (exact) mass is 399 g/mol. The lowest BCUT2D eigenvalue weighted by Crippen LogP contribution is -2.14. The first-order valence-corrected chi connectivity index (χ1v) is 9.97. The van der Waals surface area contributed by atoms with Gasteiger partial charge in [-0.2, -0.15) is 5.10 Å². The number of anilines is 1. The minimum Gasteiger partial charge on any atom is -0.282 e. The van der Waals surface area contributed by atoms with Gasteiger partial charge in [-0.05, 0) is 45.0 Å². The molecule has 0 aliphatic carbocycles. The molecule has 0 amide bonds. The van der Waals surface area contributed by atoms with Crippen molar-refractivity contribution in [3.8, 4) is 11.3 Å². The van der Waals surface area contributed by atoms with Gasteiger partial charge in [0.05, 0.1) is 16.4 Å². The van der Waals surface area contributed by atoms with E-state index in [1.165, 1.54) is 23.5 Å². The molecule has 0 saturated carbocycles. The van der Waals surface area contributed by atoms with Gasteiger partial charge in [0.15, 0.2) is 0 Å². The Kier molecular flexibility index (Phi) is 4.61. The van der Waals surface area contributed by atoms with Gasteiger partial charge in [0.2, 0.25) is 0 Å². The number of sulfonamides is 1. The summed E-state index contributed by atoms with van der Waals surface area (Å²) in [5, 5.41) is 6.86. The first kappa shape index (κ1) is 17.9. The number of nitrogens with zero attached hydrogens (tertiary/aromatic N) is 1. The molecule has 0 unspecified atom stereocenters. The van der Waals surface area contributed by atoms with Crippen LogP contribution in [-0.2, 0) is 10.0 Å². The lowest BCUT2D eigenvalue weighted by atomic mass is 10.2. The van der Waals surface area contributed by atoms with E-state index in [1.54, 1.807) is 13.0 Å². The zero-order chi connectivity index (χ0) is 18.4. The highest BCUT2D eigenvalue weighted by Crippen LogP contribution is 2.39. The van der Waals surface area contributed by atoms with E-state index in [9.17, 15) is 12.8 Å². The average Bonchev–Trinajstić information content (AvgIpc) is 3.05. The standard InChI is InChI=1S/C16H15ClFN3O2S2/c1-8-6-14(20-19-8)15-9(2)24-10(3)16(15)25(22,23)21-11-4-5-13(18)12(17)7-11/h4-7,21H,1-3H3,(H,19,20). The first-order chi connectivity index (χ1) is 11.7. The van der Waals surface area contributed by atoms with Crippen LogP contribution >= 0.6 is 22.9 Å². The maximum absolute atomic E-state index is 13.3. The van der Waals surface area contributed by atoms with Crippen LogP contribution < -0.4 is 4.72 Å². The van der Waals surface area contributed by atoms with Crippen LogP contribution in [0, 0.1) is 26.6 Å². The lowest BCUT2D eigenvalue weighted by Gasteiger charge is -2.10. The van der Waals surface area contributed by atoms with E-state index in [1.807, 2.05) is 13.8 Å². The van der Waals surface area contributed by atoms with Crippen LogP contribution in [0.1, 0.15) is 15.4 Å². The quantitative estimate of drug-likeness (QED) is 0.670. The molecule has 3 rings (SSSR count). The van der Waals surface area contributed by atoms with E-state index in [-0.39, 0.29) is 15.6 Å². The van der Waals surface area contributed by atoms with E-state index >= 15 is 0 Å². The fourth-order valence-electron chi connectivity index (χ4n) is 2.60. The smallest absolute Gasteiger partial charge is 0.263 e.